The van der Waals surface area contributed by atoms with Crippen LogP contribution in [-0.2, 0) is 11.2 Å². The summed E-state index contributed by atoms with van der Waals surface area (Å²) in [5.74, 6) is 0.0776. The first-order chi connectivity index (χ1) is 11.5. The number of nitrogens with one attached hydrogen (secondary N) is 2. The summed E-state index contributed by atoms with van der Waals surface area (Å²) < 4.78 is 0. The highest BCUT2D eigenvalue weighted by atomic mass is 16.2. The third kappa shape index (κ3) is 4.98. The first-order valence-corrected chi connectivity index (χ1v) is 8.96. The van der Waals surface area contributed by atoms with E-state index in [1.807, 2.05) is 43.0 Å². The lowest BCUT2D eigenvalue weighted by Crippen LogP contribution is -2.53. The number of hydrogen-bond acceptors (Lipinski definition) is 2. The predicted molar refractivity (Wildman–Crippen MR) is 97.0 cm³/mol. The van der Waals surface area contributed by atoms with Crippen molar-refractivity contribution < 1.29 is 9.59 Å². The van der Waals surface area contributed by atoms with Gasteiger partial charge in [0.25, 0.3) is 0 Å². The maximum absolute atomic E-state index is 12.7. The maximum Gasteiger partial charge on any atom is 0.319 e. The number of aryl methyl sites for hydroxylation is 1. The normalized spacial score (nSPS) is 15.9. The molecule has 0 unspecified atom stereocenters. The van der Waals surface area contributed by atoms with E-state index in [-0.39, 0.29) is 17.9 Å². The fourth-order valence-electron chi connectivity index (χ4n) is 2.96. The van der Waals surface area contributed by atoms with E-state index < -0.39 is 6.04 Å². The molecule has 0 aliphatic carbocycles. The van der Waals surface area contributed by atoms with E-state index in [1.54, 1.807) is 0 Å². The number of piperidine rings is 1. The van der Waals surface area contributed by atoms with E-state index in [9.17, 15) is 9.59 Å². The van der Waals surface area contributed by atoms with Crippen LogP contribution >= 0.6 is 0 Å². The van der Waals surface area contributed by atoms with Crippen molar-refractivity contribution in [2.45, 2.75) is 52.5 Å². The Hall–Kier alpha value is -2.04. The number of carbonyl (C=O) groups excluding carboxylic acids is 2. The summed E-state index contributed by atoms with van der Waals surface area (Å²) in [5, 5.41) is 5.66. The number of urea groups is 1. The molecule has 0 aromatic heterocycles. The van der Waals surface area contributed by atoms with Crippen LogP contribution in [0.5, 0.6) is 0 Å². The van der Waals surface area contributed by atoms with Crippen LogP contribution in [0.25, 0.3) is 0 Å². The second-order valence-corrected chi connectivity index (χ2v) is 6.76. The first kappa shape index (κ1) is 18.3. The van der Waals surface area contributed by atoms with Crippen LogP contribution in [0.15, 0.2) is 24.3 Å². The monoisotopic (exact) mass is 331 g/mol. The molecule has 24 heavy (non-hydrogen) atoms. The summed E-state index contributed by atoms with van der Waals surface area (Å²) >= 11 is 0. The lowest BCUT2D eigenvalue weighted by atomic mass is 10.0. The molecule has 1 saturated heterocycles. The molecule has 1 aromatic carbocycles. The van der Waals surface area contributed by atoms with Gasteiger partial charge in [-0.3, -0.25) is 4.79 Å². The molecule has 0 bridgehead atoms. The van der Waals surface area contributed by atoms with Gasteiger partial charge in [-0.2, -0.15) is 0 Å². The van der Waals surface area contributed by atoms with Gasteiger partial charge in [-0.1, -0.05) is 32.9 Å². The molecule has 1 fully saturated rings. The van der Waals surface area contributed by atoms with Crippen LogP contribution in [-0.4, -0.2) is 36.0 Å². The fourth-order valence-corrected chi connectivity index (χ4v) is 2.96. The average Bonchev–Trinajstić information content (AvgIpc) is 2.60. The Morgan fingerprint density at radius 3 is 2.25 bits per heavy atom. The molecule has 3 amide bonds. The van der Waals surface area contributed by atoms with Gasteiger partial charge in [-0.15, -0.1) is 0 Å². The van der Waals surface area contributed by atoms with E-state index in [4.69, 9.17) is 0 Å². The predicted octanol–water partition coefficient (Wildman–Crippen LogP) is 3.41. The molecule has 5 heteroatoms. The molecule has 0 saturated carbocycles. The molecule has 1 aliphatic heterocycles. The van der Waals surface area contributed by atoms with Gasteiger partial charge in [0, 0.05) is 18.8 Å². The van der Waals surface area contributed by atoms with E-state index in [0.29, 0.717) is 0 Å². The van der Waals surface area contributed by atoms with Crippen molar-refractivity contribution in [3.8, 4) is 0 Å². The molecule has 1 aromatic rings. The minimum Gasteiger partial charge on any atom is -0.341 e. The summed E-state index contributed by atoms with van der Waals surface area (Å²) in [6.45, 7) is 7.61. The Morgan fingerprint density at radius 1 is 1.08 bits per heavy atom. The SMILES string of the molecule is CCc1ccc(NC(=O)N[C@@H](C(=O)N2CCCCC2)C(C)C)cc1. The largest absolute Gasteiger partial charge is 0.341 e. The van der Waals surface area contributed by atoms with Crippen LogP contribution < -0.4 is 10.6 Å². The van der Waals surface area contributed by atoms with Crippen molar-refractivity contribution in [1.29, 1.82) is 0 Å². The molecule has 1 heterocycles. The fraction of sp³-hybridized carbons (Fsp3) is 0.579. The maximum atomic E-state index is 12.7. The number of likely N-dealkylation sites (tertiary alicyclic amines) is 1. The van der Waals surface area contributed by atoms with Crippen LogP contribution in [0.1, 0.15) is 45.6 Å². The minimum atomic E-state index is -0.488. The number of benzene rings is 1. The van der Waals surface area contributed by atoms with Crippen molar-refractivity contribution >= 4 is 17.6 Å². The zero-order valence-electron chi connectivity index (χ0n) is 15.0. The molecule has 2 rings (SSSR count). The van der Waals surface area contributed by atoms with Crippen LogP contribution in [0.3, 0.4) is 0 Å². The second kappa shape index (κ2) is 8.71. The lowest BCUT2D eigenvalue weighted by Gasteiger charge is -2.32. The molecular weight excluding hydrogens is 302 g/mol. The molecule has 5 nitrogen and oxygen atoms in total. The molecule has 2 N–H and O–H groups in total. The quantitative estimate of drug-likeness (QED) is 0.868. The molecule has 132 valence electrons. The Labute approximate surface area is 144 Å². The summed E-state index contributed by atoms with van der Waals surface area (Å²) in [7, 11) is 0. The molecule has 1 aliphatic rings. The standard InChI is InChI=1S/C19H29N3O2/c1-4-15-8-10-16(11-9-15)20-19(24)21-17(14(2)3)18(23)22-12-6-5-7-13-22/h8-11,14,17H,4-7,12-13H2,1-3H3,(H2,20,21,24)/t17-/m1/s1. The van der Waals surface area contributed by atoms with Crippen molar-refractivity contribution in [3.05, 3.63) is 29.8 Å². The van der Waals surface area contributed by atoms with Gasteiger partial charge >= 0.3 is 6.03 Å². The van der Waals surface area contributed by atoms with Crippen LogP contribution in [0, 0.1) is 5.92 Å². The van der Waals surface area contributed by atoms with Crippen molar-refractivity contribution in [1.82, 2.24) is 10.2 Å². The number of anilines is 1. The number of hydrogen-bond donors (Lipinski definition) is 2. The van der Waals surface area contributed by atoms with E-state index in [1.165, 1.54) is 12.0 Å². The summed E-state index contributed by atoms with van der Waals surface area (Å²) in [6, 6.07) is 6.94. The first-order valence-electron chi connectivity index (χ1n) is 8.96. The highest BCUT2D eigenvalue weighted by molar-refractivity contribution is 5.93. The van der Waals surface area contributed by atoms with E-state index in [2.05, 4.69) is 17.6 Å². The third-order valence-corrected chi connectivity index (χ3v) is 4.51. The summed E-state index contributed by atoms with van der Waals surface area (Å²) in [6.07, 6.45) is 4.24. The minimum absolute atomic E-state index is 0.0289. The topological polar surface area (TPSA) is 61.4 Å². The number of amides is 3. The Kier molecular flexibility index (Phi) is 6.64. The Morgan fingerprint density at radius 2 is 1.71 bits per heavy atom. The van der Waals surface area contributed by atoms with Gasteiger partial charge in [0.2, 0.25) is 5.91 Å². The second-order valence-electron chi connectivity index (χ2n) is 6.76. The van der Waals surface area contributed by atoms with E-state index in [0.717, 1.165) is 38.0 Å². The highest BCUT2D eigenvalue weighted by Crippen LogP contribution is 2.14. The number of rotatable bonds is 5. The van der Waals surface area contributed by atoms with Crippen molar-refractivity contribution in [3.63, 3.8) is 0 Å². The van der Waals surface area contributed by atoms with Gasteiger partial charge in [-0.05, 0) is 49.3 Å². The zero-order valence-corrected chi connectivity index (χ0v) is 15.0. The van der Waals surface area contributed by atoms with Crippen LogP contribution in [0.4, 0.5) is 10.5 Å². The van der Waals surface area contributed by atoms with Gasteiger partial charge in [0.1, 0.15) is 6.04 Å². The molecule has 0 radical (unpaired) electrons. The zero-order chi connectivity index (χ0) is 17.5. The summed E-state index contributed by atoms with van der Waals surface area (Å²) in [5.41, 5.74) is 1.96. The molecule has 0 spiro atoms. The van der Waals surface area contributed by atoms with E-state index >= 15 is 0 Å². The Balaban J connectivity index is 1.95. The third-order valence-electron chi connectivity index (χ3n) is 4.51. The number of nitrogens with zero attached hydrogens (tertiary/aromatic N) is 1. The smallest absolute Gasteiger partial charge is 0.319 e. The molecule has 1 atom stereocenters. The van der Waals surface area contributed by atoms with Gasteiger partial charge in [0.05, 0.1) is 0 Å². The summed E-state index contributed by atoms with van der Waals surface area (Å²) in [4.78, 5) is 26.9. The van der Waals surface area contributed by atoms with Crippen LogP contribution in [0.2, 0.25) is 0 Å². The molecular formula is C19H29N3O2. The van der Waals surface area contributed by atoms with Crippen molar-refractivity contribution in [2.24, 2.45) is 5.92 Å². The lowest BCUT2D eigenvalue weighted by molar-refractivity contribution is -0.135. The highest BCUT2D eigenvalue weighted by Gasteiger charge is 2.29. The van der Waals surface area contributed by atoms with Crippen molar-refractivity contribution in [2.75, 3.05) is 18.4 Å². The van der Waals surface area contributed by atoms with Gasteiger partial charge in [-0.25, -0.2) is 4.79 Å². The average molecular weight is 331 g/mol. The van der Waals surface area contributed by atoms with Gasteiger partial charge in [0.15, 0.2) is 0 Å². The Bertz CT molecular complexity index is 548. The van der Waals surface area contributed by atoms with Gasteiger partial charge < -0.3 is 15.5 Å². The number of carbonyl (C=O) groups is 2.